The van der Waals surface area contributed by atoms with Crippen molar-refractivity contribution in [3.63, 3.8) is 0 Å². The number of rotatable bonds is 5. The molecule has 1 aliphatic heterocycles. The minimum Gasteiger partial charge on any atom is -0.488 e. The number of nitrogens with zero attached hydrogens (tertiary/aromatic N) is 1. The van der Waals surface area contributed by atoms with Crippen molar-refractivity contribution in [1.82, 2.24) is 0 Å². The number of benzene rings is 3. The van der Waals surface area contributed by atoms with Gasteiger partial charge in [-0.3, -0.25) is 9.69 Å². The first-order valence-electron chi connectivity index (χ1n) is 9.11. The zero-order chi connectivity index (χ0) is 22.0. The third-order valence-electron chi connectivity index (χ3n) is 4.47. The predicted molar refractivity (Wildman–Crippen MR) is 124 cm³/mol. The molecule has 0 saturated carbocycles. The fraction of sp³-hybridized carbons (Fsp3) is 0.0435. The van der Waals surface area contributed by atoms with Crippen molar-refractivity contribution in [2.45, 2.75) is 6.61 Å². The van der Waals surface area contributed by atoms with Gasteiger partial charge in [0, 0.05) is 5.56 Å². The fourth-order valence-corrected chi connectivity index (χ4v) is 4.39. The van der Waals surface area contributed by atoms with Crippen LogP contribution in [-0.4, -0.2) is 10.2 Å². The van der Waals surface area contributed by atoms with Gasteiger partial charge >= 0.3 is 0 Å². The minimum atomic E-state index is -0.571. The van der Waals surface area contributed by atoms with E-state index in [1.807, 2.05) is 18.2 Å². The number of carbonyl (C=O) groups is 1. The molecule has 1 amide bonds. The molecule has 0 unspecified atom stereocenters. The van der Waals surface area contributed by atoms with Gasteiger partial charge in [-0.1, -0.05) is 65.9 Å². The molecule has 3 aromatic rings. The molecule has 0 aliphatic carbocycles. The number of amides is 1. The molecule has 0 atom stereocenters. The number of halogens is 3. The number of ether oxygens (including phenoxy) is 1. The molecule has 1 saturated heterocycles. The summed E-state index contributed by atoms with van der Waals surface area (Å²) in [7, 11) is 0. The number of carbonyl (C=O) groups excluding carboxylic acids is 1. The maximum absolute atomic E-state index is 13.5. The smallest absolute Gasteiger partial charge is 0.270 e. The fourth-order valence-electron chi connectivity index (χ4n) is 2.93. The summed E-state index contributed by atoms with van der Waals surface area (Å²) in [6, 6.07) is 17.3. The summed E-state index contributed by atoms with van der Waals surface area (Å²) in [5.41, 5.74) is 1.91. The Morgan fingerprint density at radius 1 is 1.06 bits per heavy atom. The third kappa shape index (κ3) is 4.79. The van der Waals surface area contributed by atoms with Gasteiger partial charge in [-0.2, -0.15) is 0 Å². The summed E-state index contributed by atoms with van der Waals surface area (Å²) < 4.78 is 32.8. The quantitative estimate of drug-likeness (QED) is 0.308. The number of thiocarbonyl (C=S) groups is 1. The van der Waals surface area contributed by atoms with Gasteiger partial charge in [0.05, 0.1) is 15.6 Å². The van der Waals surface area contributed by atoms with Crippen molar-refractivity contribution in [1.29, 1.82) is 0 Å². The summed E-state index contributed by atoms with van der Waals surface area (Å²) in [6.45, 7) is 0.250. The Bertz CT molecular complexity index is 1200. The Hall–Kier alpha value is -2.74. The van der Waals surface area contributed by atoms with Crippen LogP contribution in [0.1, 0.15) is 11.1 Å². The molecule has 3 nitrogen and oxygen atoms in total. The van der Waals surface area contributed by atoms with Crippen LogP contribution in [0.5, 0.6) is 5.75 Å². The summed E-state index contributed by atoms with van der Waals surface area (Å²) in [5.74, 6) is -0.639. The average molecular weight is 474 g/mol. The lowest BCUT2D eigenvalue weighted by atomic mass is 10.1. The van der Waals surface area contributed by atoms with Crippen molar-refractivity contribution in [2.24, 2.45) is 0 Å². The number of para-hydroxylation sites is 1. The molecular weight excluding hydrogens is 460 g/mol. The molecule has 0 N–H and O–H groups in total. The molecule has 0 aromatic heterocycles. The number of hydrogen-bond acceptors (Lipinski definition) is 4. The van der Waals surface area contributed by atoms with Gasteiger partial charge in [0.1, 0.15) is 24.0 Å². The highest BCUT2D eigenvalue weighted by molar-refractivity contribution is 8.27. The molecule has 0 bridgehead atoms. The maximum atomic E-state index is 13.5. The van der Waals surface area contributed by atoms with Crippen LogP contribution in [0.4, 0.5) is 14.5 Å². The van der Waals surface area contributed by atoms with Gasteiger partial charge in [-0.15, -0.1) is 0 Å². The Kier molecular flexibility index (Phi) is 6.36. The lowest BCUT2D eigenvalue weighted by Crippen LogP contribution is -2.27. The molecule has 1 heterocycles. The first-order chi connectivity index (χ1) is 14.9. The first-order valence-corrected chi connectivity index (χ1v) is 10.7. The van der Waals surface area contributed by atoms with E-state index in [1.165, 1.54) is 35.2 Å². The van der Waals surface area contributed by atoms with E-state index in [0.29, 0.717) is 26.2 Å². The first kappa shape index (κ1) is 21.5. The van der Waals surface area contributed by atoms with E-state index in [9.17, 15) is 13.6 Å². The summed E-state index contributed by atoms with van der Waals surface area (Å²) in [4.78, 5) is 14.7. The maximum Gasteiger partial charge on any atom is 0.270 e. The van der Waals surface area contributed by atoms with E-state index >= 15 is 0 Å². The van der Waals surface area contributed by atoms with Gasteiger partial charge < -0.3 is 4.74 Å². The van der Waals surface area contributed by atoms with E-state index in [2.05, 4.69) is 0 Å². The molecule has 1 aliphatic rings. The molecule has 31 heavy (non-hydrogen) atoms. The van der Waals surface area contributed by atoms with Gasteiger partial charge in [-0.25, -0.2) is 8.78 Å². The zero-order valence-electron chi connectivity index (χ0n) is 15.8. The van der Waals surface area contributed by atoms with E-state index in [4.69, 9.17) is 28.6 Å². The predicted octanol–water partition coefficient (Wildman–Crippen LogP) is 6.60. The van der Waals surface area contributed by atoms with Crippen molar-refractivity contribution in [2.75, 3.05) is 4.90 Å². The highest BCUT2D eigenvalue weighted by atomic mass is 35.5. The van der Waals surface area contributed by atoms with Crippen LogP contribution in [0.3, 0.4) is 0 Å². The second-order valence-corrected chi connectivity index (χ2v) is 8.65. The lowest BCUT2D eigenvalue weighted by Gasteiger charge is -2.14. The topological polar surface area (TPSA) is 29.5 Å². The molecule has 4 rings (SSSR count). The zero-order valence-corrected chi connectivity index (χ0v) is 18.2. The molecular formula is C23H14ClF2NO2S2. The summed E-state index contributed by atoms with van der Waals surface area (Å²) >= 11 is 12.4. The van der Waals surface area contributed by atoms with Crippen molar-refractivity contribution < 1.29 is 18.3 Å². The second kappa shape index (κ2) is 9.18. The van der Waals surface area contributed by atoms with Crippen molar-refractivity contribution in [3.05, 3.63) is 99.4 Å². The van der Waals surface area contributed by atoms with E-state index in [0.717, 1.165) is 17.3 Å². The molecule has 1 fully saturated rings. The van der Waals surface area contributed by atoms with Gasteiger partial charge in [0.2, 0.25) is 0 Å². The van der Waals surface area contributed by atoms with Crippen molar-refractivity contribution in [3.8, 4) is 5.75 Å². The van der Waals surface area contributed by atoms with E-state index in [1.54, 1.807) is 24.3 Å². The Balaban J connectivity index is 1.57. The second-order valence-electron chi connectivity index (χ2n) is 6.57. The Morgan fingerprint density at radius 3 is 2.55 bits per heavy atom. The van der Waals surface area contributed by atoms with Crippen LogP contribution >= 0.6 is 35.6 Å². The van der Waals surface area contributed by atoms with Crippen LogP contribution in [-0.2, 0) is 11.4 Å². The van der Waals surface area contributed by atoms with Gasteiger partial charge in [0.25, 0.3) is 5.91 Å². The Morgan fingerprint density at radius 2 is 1.81 bits per heavy atom. The van der Waals surface area contributed by atoms with E-state index < -0.39 is 5.82 Å². The van der Waals surface area contributed by atoms with Gasteiger partial charge in [0.15, 0.2) is 4.32 Å². The Labute approximate surface area is 192 Å². The minimum absolute atomic E-state index is 0.0879. The monoisotopic (exact) mass is 473 g/mol. The average Bonchev–Trinajstić information content (AvgIpc) is 3.03. The van der Waals surface area contributed by atoms with Crippen LogP contribution in [0.2, 0.25) is 5.02 Å². The van der Waals surface area contributed by atoms with Crippen LogP contribution in [0.15, 0.2) is 71.6 Å². The summed E-state index contributed by atoms with van der Waals surface area (Å²) in [6.07, 6.45) is 1.70. The molecule has 8 heteroatoms. The highest BCUT2D eigenvalue weighted by Crippen LogP contribution is 2.38. The van der Waals surface area contributed by atoms with E-state index in [-0.39, 0.29) is 23.4 Å². The largest absolute Gasteiger partial charge is 0.488 e. The lowest BCUT2D eigenvalue weighted by molar-refractivity contribution is -0.113. The summed E-state index contributed by atoms with van der Waals surface area (Å²) in [5, 5.41) is -0.0879. The van der Waals surface area contributed by atoms with Crippen LogP contribution < -0.4 is 9.64 Å². The normalized spacial score (nSPS) is 15.1. The number of hydrogen-bond donors (Lipinski definition) is 0. The standard InChI is InChI=1S/C23H14ClF2NO2S2/c24-18-12-17(9-10-19(18)26)27-22(28)21(31-23(27)30)11-15-3-1-2-4-20(15)29-13-14-5-7-16(25)8-6-14/h1-12H,13H2/b21-11+. The van der Waals surface area contributed by atoms with Crippen LogP contribution in [0, 0.1) is 11.6 Å². The molecule has 3 aromatic carbocycles. The van der Waals surface area contributed by atoms with Crippen LogP contribution in [0.25, 0.3) is 6.08 Å². The molecule has 156 valence electrons. The molecule has 0 radical (unpaired) electrons. The third-order valence-corrected chi connectivity index (χ3v) is 6.06. The SMILES string of the molecule is O=C1/C(=C\c2ccccc2OCc2ccc(F)cc2)SC(=S)N1c1ccc(F)c(Cl)c1. The number of thioether (sulfide) groups is 1. The highest BCUT2D eigenvalue weighted by Gasteiger charge is 2.33. The van der Waals surface area contributed by atoms with Gasteiger partial charge in [-0.05, 0) is 48.0 Å². The number of anilines is 1. The van der Waals surface area contributed by atoms with Crippen molar-refractivity contribution >= 4 is 57.6 Å². The molecule has 0 spiro atoms.